The molecule has 0 aromatic carbocycles. The topological polar surface area (TPSA) is 6.48 Å². The molecule has 2 aliphatic heterocycles. The first-order chi connectivity index (χ1) is 8.74. The summed E-state index contributed by atoms with van der Waals surface area (Å²) < 4.78 is 0. The van der Waals surface area contributed by atoms with Crippen molar-refractivity contribution in [2.75, 3.05) is 19.6 Å². The van der Waals surface area contributed by atoms with Gasteiger partial charge in [0.2, 0.25) is 0 Å². The molecule has 0 spiro atoms. The molecule has 0 bridgehead atoms. The number of hydrogen-bond donors (Lipinski definition) is 0. The van der Waals surface area contributed by atoms with Crippen LogP contribution in [0.5, 0.6) is 0 Å². The van der Waals surface area contributed by atoms with Gasteiger partial charge < -0.3 is 0 Å². The number of rotatable bonds is 2. The molecule has 0 radical (unpaired) electrons. The summed E-state index contributed by atoms with van der Waals surface area (Å²) in [5.41, 5.74) is 0. The minimum absolute atomic E-state index is 0.790. The zero-order chi connectivity index (χ0) is 12.5. The molecule has 3 aliphatic rings. The molecule has 1 saturated carbocycles. The van der Waals surface area contributed by atoms with E-state index in [0.29, 0.717) is 0 Å². The Hall–Kier alpha value is -0.0800. The maximum atomic E-state index is 2.85. The summed E-state index contributed by atoms with van der Waals surface area (Å²) in [6.45, 7) is 8.92. The van der Waals surface area contributed by atoms with Gasteiger partial charge in [-0.1, -0.05) is 26.2 Å². The number of piperidine rings is 1. The third-order valence-electron chi connectivity index (χ3n) is 5.53. The number of nitrogens with zero attached hydrogens (tertiary/aromatic N) is 2. The van der Waals surface area contributed by atoms with Crippen LogP contribution < -0.4 is 0 Å². The fraction of sp³-hybridized carbons (Fsp3) is 1.00. The Morgan fingerprint density at radius 1 is 0.889 bits per heavy atom. The fourth-order valence-corrected chi connectivity index (χ4v) is 4.51. The second-order valence-corrected chi connectivity index (χ2v) is 7.17. The van der Waals surface area contributed by atoms with E-state index in [4.69, 9.17) is 0 Å². The molecule has 18 heavy (non-hydrogen) atoms. The summed E-state index contributed by atoms with van der Waals surface area (Å²) in [6, 6.07) is 0.794. The summed E-state index contributed by atoms with van der Waals surface area (Å²) in [4.78, 5) is 5.61. The number of hydrogen-bond acceptors (Lipinski definition) is 2. The fourth-order valence-electron chi connectivity index (χ4n) is 4.51. The Balaban J connectivity index is 1.60. The van der Waals surface area contributed by atoms with E-state index in [1.165, 1.54) is 64.6 Å². The highest BCUT2D eigenvalue weighted by Crippen LogP contribution is 2.33. The Kier molecular flexibility index (Phi) is 3.95. The predicted molar refractivity (Wildman–Crippen MR) is 76.5 cm³/mol. The van der Waals surface area contributed by atoms with Gasteiger partial charge in [0.05, 0.1) is 6.17 Å². The van der Waals surface area contributed by atoms with Crippen molar-refractivity contribution in [3.05, 3.63) is 0 Å². The van der Waals surface area contributed by atoms with Crippen LogP contribution in [-0.2, 0) is 0 Å². The van der Waals surface area contributed by atoms with Crippen molar-refractivity contribution >= 4 is 0 Å². The molecule has 0 amide bonds. The lowest BCUT2D eigenvalue weighted by molar-refractivity contribution is 0.0530. The zero-order valence-electron chi connectivity index (χ0n) is 12.3. The molecule has 0 aromatic heterocycles. The van der Waals surface area contributed by atoms with Crippen LogP contribution in [-0.4, -0.2) is 41.6 Å². The first kappa shape index (κ1) is 12.9. The van der Waals surface area contributed by atoms with Crippen LogP contribution in [0, 0.1) is 11.8 Å². The highest BCUT2D eigenvalue weighted by Gasteiger charge is 2.40. The lowest BCUT2D eigenvalue weighted by Crippen LogP contribution is -2.46. The molecular weight excluding hydrogens is 220 g/mol. The van der Waals surface area contributed by atoms with Crippen LogP contribution >= 0.6 is 0 Å². The Bertz CT molecular complexity index is 272. The van der Waals surface area contributed by atoms with Crippen LogP contribution in [0.2, 0.25) is 0 Å². The van der Waals surface area contributed by atoms with E-state index in [9.17, 15) is 0 Å². The van der Waals surface area contributed by atoms with Crippen LogP contribution in [0.1, 0.15) is 58.8 Å². The predicted octanol–water partition coefficient (Wildman–Crippen LogP) is 3.33. The Morgan fingerprint density at radius 3 is 2.44 bits per heavy atom. The van der Waals surface area contributed by atoms with Crippen LogP contribution in [0.15, 0.2) is 0 Å². The van der Waals surface area contributed by atoms with Gasteiger partial charge >= 0.3 is 0 Å². The third-order valence-corrected chi connectivity index (χ3v) is 5.53. The van der Waals surface area contributed by atoms with E-state index in [1.54, 1.807) is 0 Å². The molecule has 104 valence electrons. The first-order valence-corrected chi connectivity index (χ1v) is 8.24. The van der Waals surface area contributed by atoms with Gasteiger partial charge in [0, 0.05) is 25.7 Å². The zero-order valence-corrected chi connectivity index (χ0v) is 12.3. The van der Waals surface area contributed by atoms with Crippen molar-refractivity contribution in [3.8, 4) is 0 Å². The molecule has 1 aliphatic carbocycles. The molecule has 2 nitrogen and oxygen atoms in total. The van der Waals surface area contributed by atoms with Crippen LogP contribution in [0.25, 0.3) is 0 Å². The summed E-state index contributed by atoms with van der Waals surface area (Å²) in [5, 5.41) is 0. The summed E-state index contributed by atoms with van der Waals surface area (Å²) >= 11 is 0. The standard InChI is InChI=1S/C16H30N2/c1-13-8-9-16-17(10-13)11-14(2)18(16)12-15-6-4-3-5-7-15/h13-16H,3-12H2,1-2H3. The van der Waals surface area contributed by atoms with Crippen molar-refractivity contribution in [2.45, 2.75) is 71.0 Å². The Labute approximate surface area is 113 Å². The van der Waals surface area contributed by atoms with Gasteiger partial charge in [-0.3, -0.25) is 9.80 Å². The van der Waals surface area contributed by atoms with Gasteiger partial charge in [-0.25, -0.2) is 0 Å². The molecule has 0 N–H and O–H groups in total. The van der Waals surface area contributed by atoms with Gasteiger partial charge in [0.25, 0.3) is 0 Å². The van der Waals surface area contributed by atoms with E-state index in [0.717, 1.165) is 24.0 Å². The largest absolute Gasteiger partial charge is 0.286 e. The third kappa shape index (κ3) is 2.60. The normalized spacial score (nSPS) is 40.0. The average Bonchev–Trinajstić information content (AvgIpc) is 2.66. The van der Waals surface area contributed by atoms with Crippen molar-refractivity contribution < 1.29 is 0 Å². The van der Waals surface area contributed by atoms with Gasteiger partial charge in [-0.2, -0.15) is 0 Å². The lowest BCUT2D eigenvalue weighted by atomic mass is 9.88. The van der Waals surface area contributed by atoms with Gasteiger partial charge in [0.1, 0.15) is 0 Å². The van der Waals surface area contributed by atoms with E-state index >= 15 is 0 Å². The van der Waals surface area contributed by atoms with Crippen molar-refractivity contribution in [1.82, 2.24) is 9.80 Å². The molecule has 3 rings (SSSR count). The van der Waals surface area contributed by atoms with Crippen molar-refractivity contribution in [3.63, 3.8) is 0 Å². The summed E-state index contributed by atoms with van der Waals surface area (Å²) in [7, 11) is 0. The molecular formula is C16H30N2. The molecule has 2 heterocycles. The van der Waals surface area contributed by atoms with Gasteiger partial charge in [-0.15, -0.1) is 0 Å². The molecule has 2 saturated heterocycles. The molecule has 2 heteroatoms. The Morgan fingerprint density at radius 2 is 1.67 bits per heavy atom. The van der Waals surface area contributed by atoms with Crippen LogP contribution in [0.3, 0.4) is 0 Å². The minimum atomic E-state index is 0.790. The van der Waals surface area contributed by atoms with E-state index < -0.39 is 0 Å². The molecule has 3 atom stereocenters. The second-order valence-electron chi connectivity index (χ2n) is 7.17. The van der Waals surface area contributed by atoms with Crippen molar-refractivity contribution in [2.24, 2.45) is 11.8 Å². The number of fused-ring (bicyclic) bond motifs is 1. The smallest absolute Gasteiger partial charge is 0.0626 e. The van der Waals surface area contributed by atoms with E-state index in [1.807, 2.05) is 0 Å². The highest BCUT2D eigenvalue weighted by atomic mass is 15.4. The van der Waals surface area contributed by atoms with E-state index in [-0.39, 0.29) is 0 Å². The highest BCUT2D eigenvalue weighted by molar-refractivity contribution is 4.92. The van der Waals surface area contributed by atoms with Crippen LogP contribution in [0.4, 0.5) is 0 Å². The summed E-state index contributed by atoms with van der Waals surface area (Å²) in [5.74, 6) is 1.92. The lowest BCUT2D eigenvalue weighted by Gasteiger charge is -2.39. The SMILES string of the molecule is CC1CCC2N(C1)CC(C)N2CC1CCCCC1. The molecule has 0 aromatic rings. The van der Waals surface area contributed by atoms with Gasteiger partial charge in [-0.05, 0) is 44.4 Å². The minimum Gasteiger partial charge on any atom is -0.286 e. The van der Waals surface area contributed by atoms with Gasteiger partial charge in [0.15, 0.2) is 0 Å². The van der Waals surface area contributed by atoms with Crippen molar-refractivity contribution in [1.29, 1.82) is 0 Å². The van der Waals surface area contributed by atoms with E-state index in [2.05, 4.69) is 23.6 Å². The molecule has 3 fully saturated rings. The summed E-state index contributed by atoms with van der Waals surface area (Å²) in [6.07, 6.45) is 11.1. The maximum Gasteiger partial charge on any atom is 0.0626 e. The second kappa shape index (κ2) is 5.50. The quantitative estimate of drug-likeness (QED) is 0.742. The first-order valence-electron chi connectivity index (χ1n) is 8.24. The monoisotopic (exact) mass is 250 g/mol. The molecule has 3 unspecified atom stereocenters. The average molecular weight is 250 g/mol. The maximum absolute atomic E-state index is 2.85.